The van der Waals surface area contributed by atoms with Crippen molar-refractivity contribution in [1.29, 1.82) is 0 Å². The molecule has 0 spiro atoms. The molecule has 0 radical (unpaired) electrons. The van der Waals surface area contributed by atoms with Crippen molar-refractivity contribution >= 4 is 48.7 Å². The van der Waals surface area contributed by atoms with Crippen LogP contribution < -0.4 is 10.2 Å². The van der Waals surface area contributed by atoms with E-state index in [-0.39, 0.29) is 43.1 Å². The summed E-state index contributed by atoms with van der Waals surface area (Å²) in [4.78, 5) is 77.8. The molecule has 3 aromatic rings. The number of amides is 2. The van der Waals surface area contributed by atoms with Crippen LogP contribution in [0.4, 0.5) is 5.69 Å². The number of likely N-dealkylation sites (tertiary alicyclic amines) is 1. The average Bonchev–Trinajstić information content (AvgIpc) is 3.77. The summed E-state index contributed by atoms with van der Waals surface area (Å²) < 4.78 is 30.9. The zero-order valence-corrected chi connectivity index (χ0v) is 42.3. The maximum absolute atomic E-state index is 14.2. The highest BCUT2D eigenvalue weighted by atomic mass is 31.2. The Bertz CT molecular complexity index is 2220. The number of rotatable bonds is 23. The van der Waals surface area contributed by atoms with Crippen LogP contribution >= 0.6 is 7.37 Å². The summed E-state index contributed by atoms with van der Waals surface area (Å²) in [7, 11) is -3.60. The van der Waals surface area contributed by atoms with Crippen molar-refractivity contribution in [2.45, 2.75) is 142 Å². The fraction of sp³-hybridized carbons (Fsp3) is 0.556. The van der Waals surface area contributed by atoms with Gasteiger partial charge in [0.2, 0.25) is 25.5 Å². The number of esters is 2. The molecule has 6 atom stereocenters. The fourth-order valence-corrected chi connectivity index (χ4v) is 12.0. The number of carboxylic acid groups (broad SMARTS) is 2. The van der Waals surface area contributed by atoms with Crippen molar-refractivity contribution in [1.82, 2.24) is 10.2 Å². The molecule has 15 nitrogen and oxygen atoms in total. The first-order chi connectivity index (χ1) is 33.6. The first-order valence-corrected chi connectivity index (χ1v) is 27.2. The lowest BCUT2D eigenvalue weighted by Gasteiger charge is -2.30. The van der Waals surface area contributed by atoms with Crippen LogP contribution in [0.2, 0.25) is 0 Å². The first-order valence-electron chi connectivity index (χ1n) is 25.2. The predicted octanol–water partition coefficient (Wildman–Crippen LogP) is 8.69. The Hall–Kier alpha value is -5.37. The molecule has 70 heavy (non-hydrogen) atoms. The van der Waals surface area contributed by atoms with Gasteiger partial charge in [0.05, 0.1) is 12.6 Å². The van der Waals surface area contributed by atoms with E-state index in [0.29, 0.717) is 56.7 Å². The number of hydrogen-bond donors (Lipinski definition) is 3. The van der Waals surface area contributed by atoms with E-state index in [0.717, 1.165) is 49.7 Å². The van der Waals surface area contributed by atoms with Gasteiger partial charge >= 0.3 is 23.9 Å². The van der Waals surface area contributed by atoms with E-state index in [1.54, 1.807) is 26.0 Å². The van der Waals surface area contributed by atoms with Gasteiger partial charge in [0, 0.05) is 30.7 Å². The Kier molecular flexibility index (Phi) is 22.1. The summed E-state index contributed by atoms with van der Waals surface area (Å²) in [6.07, 6.45) is 9.31. The number of nitrogens with one attached hydrogen (secondary N) is 1. The minimum absolute atomic E-state index is 0.149. The summed E-state index contributed by atoms with van der Waals surface area (Å²) >= 11 is 0. The van der Waals surface area contributed by atoms with Gasteiger partial charge in [0.15, 0.2) is 0 Å². The zero-order chi connectivity index (χ0) is 50.6. The molecule has 3 aromatic carbocycles. The molecular weight excluding hydrogens is 914 g/mol. The highest BCUT2D eigenvalue weighted by Crippen LogP contribution is 2.51. The number of para-hydroxylation sites is 1. The van der Waals surface area contributed by atoms with Crippen LogP contribution in [0, 0.1) is 17.8 Å². The number of fused-ring (bicyclic) bond motifs is 1. The maximum atomic E-state index is 14.2. The molecule has 1 saturated heterocycles. The van der Waals surface area contributed by atoms with Crippen LogP contribution in [0.5, 0.6) is 0 Å². The lowest BCUT2D eigenvalue weighted by Crippen LogP contribution is -2.53. The maximum Gasteiger partial charge on any atom is 0.326 e. The standard InChI is InChI=1S/C30H46NO7P.C24H28N2O5/c1-4-28(33)37-30(22(2)3)38-39(36,18-12-11-15-23-13-7-5-8-14-23)21-27(32)31-20-25(19-26(31)29(34)35)24-16-9-6-10-17-24;1-2-31-24(30)20(14-12-17-8-4-3-5-9-17)25-19-15-13-18-10-6-7-11-21(18)26(23(19)29)16-22(27)28/h5,7-8,13-14,22,24-26,30H,4,6,9-12,15-21H2,1-3H3,(H,34,35);3-11,19-20,25H,2,12-16H2,1H3,(H,27,28)/t25-,26+,30?,39?;19-,20-/m10/s1. The molecule has 0 aromatic heterocycles. The number of aryl methyl sites for hydroxylation is 3. The molecule has 1 aliphatic carbocycles. The molecule has 2 unspecified atom stereocenters. The second-order valence-corrected chi connectivity index (χ2v) is 21.6. The zero-order valence-electron chi connectivity index (χ0n) is 41.4. The number of benzene rings is 3. The van der Waals surface area contributed by atoms with Crippen LogP contribution in [0.15, 0.2) is 84.9 Å². The second kappa shape index (κ2) is 27.9. The van der Waals surface area contributed by atoms with Gasteiger partial charge in [-0.25, -0.2) is 4.79 Å². The summed E-state index contributed by atoms with van der Waals surface area (Å²) in [5, 5.41) is 22.5. The molecule has 2 aliphatic heterocycles. The van der Waals surface area contributed by atoms with Crippen LogP contribution in [-0.4, -0.2) is 107 Å². The monoisotopic (exact) mass is 988 g/mol. The third-order valence-electron chi connectivity index (χ3n) is 13.4. The highest BCUT2D eigenvalue weighted by Gasteiger charge is 2.45. The van der Waals surface area contributed by atoms with E-state index in [1.165, 1.54) is 21.8 Å². The van der Waals surface area contributed by atoms with Gasteiger partial charge < -0.3 is 24.6 Å². The molecule has 3 N–H and O–H groups in total. The van der Waals surface area contributed by atoms with E-state index in [4.69, 9.17) is 14.0 Å². The van der Waals surface area contributed by atoms with Crippen LogP contribution in [-0.2, 0) is 66.6 Å². The summed E-state index contributed by atoms with van der Waals surface area (Å²) in [5.74, 6) is -3.45. The third kappa shape index (κ3) is 16.9. The van der Waals surface area contributed by atoms with Gasteiger partial charge in [0.1, 0.15) is 24.8 Å². The van der Waals surface area contributed by atoms with Gasteiger partial charge in [0.25, 0.3) is 0 Å². The highest BCUT2D eigenvalue weighted by molar-refractivity contribution is 7.59. The lowest BCUT2D eigenvalue weighted by atomic mass is 9.79. The first kappa shape index (κ1) is 55.6. The Labute approximate surface area is 413 Å². The van der Waals surface area contributed by atoms with Crippen molar-refractivity contribution in [2.75, 3.05) is 36.9 Å². The number of carboxylic acids is 2. The minimum atomic E-state index is -3.60. The summed E-state index contributed by atoms with van der Waals surface area (Å²) in [5.41, 5.74) is 3.79. The van der Waals surface area contributed by atoms with E-state index < -0.39 is 68.1 Å². The summed E-state index contributed by atoms with van der Waals surface area (Å²) in [6.45, 7) is 7.24. The molecule has 3 aliphatic rings. The Morgan fingerprint density at radius 1 is 0.814 bits per heavy atom. The fourth-order valence-electron chi connectivity index (χ4n) is 9.68. The van der Waals surface area contributed by atoms with Crippen LogP contribution in [0.3, 0.4) is 0 Å². The lowest BCUT2D eigenvalue weighted by molar-refractivity contribution is -0.169. The van der Waals surface area contributed by atoms with E-state index in [9.17, 15) is 43.5 Å². The number of ether oxygens (including phenoxy) is 2. The van der Waals surface area contributed by atoms with Crippen LogP contribution in [0.25, 0.3) is 0 Å². The van der Waals surface area contributed by atoms with Crippen molar-refractivity contribution in [3.05, 3.63) is 102 Å². The topological polar surface area (TPSA) is 206 Å². The Balaban J connectivity index is 0.000000267. The van der Waals surface area contributed by atoms with Crippen molar-refractivity contribution < 1.29 is 57.5 Å². The van der Waals surface area contributed by atoms with E-state index in [1.807, 2.05) is 86.6 Å². The smallest absolute Gasteiger partial charge is 0.326 e. The van der Waals surface area contributed by atoms with Crippen molar-refractivity contribution in [2.24, 2.45) is 17.8 Å². The number of hydrogen-bond acceptors (Lipinski definition) is 11. The number of carbonyl (C=O) groups excluding carboxylic acids is 4. The molecule has 0 bridgehead atoms. The van der Waals surface area contributed by atoms with Crippen molar-refractivity contribution in [3.8, 4) is 0 Å². The number of nitrogens with zero attached hydrogens (tertiary/aromatic N) is 2. The Morgan fingerprint density at radius 2 is 1.46 bits per heavy atom. The molecule has 6 rings (SSSR count). The molecule has 1 saturated carbocycles. The molecule has 16 heteroatoms. The largest absolute Gasteiger partial charge is 0.480 e. The number of unbranched alkanes of at least 4 members (excludes halogenated alkanes) is 1. The van der Waals surface area contributed by atoms with Gasteiger partial charge in [-0.15, -0.1) is 0 Å². The summed E-state index contributed by atoms with van der Waals surface area (Å²) in [6, 6.07) is 24.9. The van der Waals surface area contributed by atoms with Gasteiger partial charge in [-0.2, -0.15) is 0 Å². The molecule has 2 fully saturated rings. The van der Waals surface area contributed by atoms with Crippen molar-refractivity contribution in [3.63, 3.8) is 0 Å². The second-order valence-electron chi connectivity index (χ2n) is 19.0. The quantitative estimate of drug-likeness (QED) is 0.0352. The van der Waals surface area contributed by atoms with Gasteiger partial charge in [-0.1, -0.05) is 132 Å². The molecular formula is C54H74N3O12P. The minimum Gasteiger partial charge on any atom is -0.480 e. The van der Waals surface area contributed by atoms with Crippen LogP contribution in [0.1, 0.15) is 115 Å². The van der Waals surface area contributed by atoms with Gasteiger partial charge in [-0.05, 0) is 92.9 Å². The number of anilines is 1. The van der Waals surface area contributed by atoms with E-state index >= 15 is 0 Å². The number of aliphatic carboxylic acids is 2. The van der Waals surface area contributed by atoms with Gasteiger partial charge in [-0.3, -0.25) is 43.3 Å². The molecule has 382 valence electrons. The van der Waals surface area contributed by atoms with E-state index in [2.05, 4.69) is 5.32 Å². The third-order valence-corrected chi connectivity index (χ3v) is 15.8. The SMILES string of the molecule is CCC(=O)OC(OP(=O)(CCCCc1ccccc1)CC(=O)N1C[C@H](C2CCCCC2)C[C@H]1C(=O)O)C(C)C.CCOC(=O)[C@H](CCc1ccccc1)N[C@H]1CCc2ccccc2N(CC(=O)O)C1=O. The number of carbonyl (C=O) groups is 6. The predicted molar refractivity (Wildman–Crippen MR) is 267 cm³/mol. The Morgan fingerprint density at radius 3 is 2.07 bits per heavy atom. The molecule has 2 heterocycles. The normalized spacial score (nSPS) is 20.0. The molecule has 2 amide bonds. The average molecular weight is 988 g/mol.